The zero-order valence-electron chi connectivity index (χ0n) is 9.05. The maximum absolute atomic E-state index is 8.77. The summed E-state index contributed by atoms with van der Waals surface area (Å²) in [5, 5.41) is 13.0. The van der Waals surface area contributed by atoms with E-state index < -0.39 is 0 Å². The molecule has 0 bridgehead atoms. The van der Waals surface area contributed by atoms with Crippen molar-refractivity contribution in [1.82, 2.24) is 0 Å². The first-order chi connectivity index (χ1) is 8.61. The highest BCUT2D eigenvalue weighted by molar-refractivity contribution is 9.10. The van der Waals surface area contributed by atoms with Crippen LogP contribution in [0.25, 0.3) is 0 Å². The average Bonchev–Trinajstić information content (AvgIpc) is 2.37. The van der Waals surface area contributed by atoms with Gasteiger partial charge in [-0.1, -0.05) is 29.3 Å². The molecular formula is C13H7BrCl2N2. The third kappa shape index (κ3) is 2.78. The Morgan fingerprint density at radius 3 is 2.50 bits per heavy atom. The summed E-state index contributed by atoms with van der Waals surface area (Å²) in [5.74, 6) is 0. The molecule has 1 N–H and O–H groups in total. The Bertz CT molecular complexity index is 635. The van der Waals surface area contributed by atoms with E-state index in [4.69, 9.17) is 28.5 Å². The molecule has 0 atom stereocenters. The van der Waals surface area contributed by atoms with Crippen LogP contribution in [0.5, 0.6) is 0 Å². The fourth-order valence-electron chi connectivity index (χ4n) is 1.43. The minimum absolute atomic E-state index is 0.487. The van der Waals surface area contributed by atoms with Gasteiger partial charge in [0.05, 0.1) is 37.5 Å². The number of rotatable bonds is 2. The quantitative estimate of drug-likeness (QED) is 0.796. The Morgan fingerprint density at radius 2 is 1.83 bits per heavy atom. The number of nitriles is 1. The van der Waals surface area contributed by atoms with Crippen LogP contribution in [0.3, 0.4) is 0 Å². The maximum Gasteiger partial charge on any atom is 0.0992 e. The monoisotopic (exact) mass is 340 g/mol. The first kappa shape index (κ1) is 13.2. The van der Waals surface area contributed by atoms with Crippen molar-refractivity contribution in [1.29, 1.82) is 5.26 Å². The summed E-state index contributed by atoms with van der Waals surface area (Å²) in [7, 11) is 0. The van der Waals surface area contributed by atoms with E-state index >= 15 is 0 Å². The molecule has 0 aromatic heterocycles. The van der Waals surface area contributed by atoms with Gasteiger partial charge in [0.2, 0.25) is 0 Å². The molecule has 2 aromatic carbocycles. The van der Waals surface area contributed by atoms with Crippen LogP contribution in [0.4, 0.5) is 11.4 Å². The second-order valence-corrected chi connectivity index (χ2v) is 5.14. The van der Waals surface area contributed by atoms with E-state index in [1.165, 1.54) is 0 Å². The van der Waals surface area contributed by atoms with E-state index in [0.29, 0.717) is 15.6 Å². The number of benzene rings is 2. The second kappa shape index (κ2) is 5.62. The molecule has 18 heavy (non-hydrogen) atoms. The fraction of sp³-hybridized carbons (Fsp3) is 0. The van der Waals surface area contributed by atoms with Crippen molar-refractivity contribution in [2.24, 2.45) is 0 Å². The molecule has 0 unspecified atom stereocenters. The number of nitrogens with one attached hydrogen (secondary N) is 1. The van der Waals surface area contributed by atoms with E-state index in [2.05, 4.69) is 21.2 Å². The molecular weight excluding hydrogens is 335 g/mol. The number of hydrogen-bond acceptors (Lipinski definition) is 2. The van der Waals surface area contributed by atoms with Crippen molar-refractivity contribution in [2.45, 2.75) is 0 Å². The van der Waals surface area contributed by atoms with Crippen LogP contribution in [0, 0.1) is 11.3 Å². The molecule has 0 aliphatic carbocycles. The van der Waals surface area contributed by atoms with Crippen molar-refractivity contribution in [3.8, 4) is 6.07 Å². The van der Waals surface area contributed by atoms with Gasteiger partial charge in [-0.05, 0) is 46.3 Å². The third-order valence-electron chi connectivity index (χ3n) is 2.32. The Balaban J connectivity index is 2.35. The van der Waals surface area contributed by atoms with E-state index in [-0.39, 0.29) is 0 Å². The predicted octanol–water partition coefficient (Wildman–Crippen LogP) is 5.37. The van der Waals surface area contributed by atoms with Gasteiger partial charge < -0.3 is 5.32 Å². The van der Waals surface area contributed by atoms with Gasteiger partial charge >= 0.3 is 0 Å². The average molecular weight is 342 g/mol. The molecule has 0 heterocycles. The molecule has 0 amide bonds. The smallest absolute Gasteiger partial charge is 0.0992 e. The van der Waals surface area contributed by atoms with E-state index in [0.717, 1.165) is 15.8 Å². The zero-order valence-corrected chi connectivity index (χ0v) is 12.1. The third-order valence-corrected chi connectivity index (χ3v) is 4.03. The summed E-state index contributed by atoms with van der Waals surface area (Å²) < 4.78 is 0.770. The molecule has 0 fully saturated rings. The second-order valence-electron chi connectivity index (χ2n) is 3.53. The Labute approximate surface area is 123 Å². The van der Waals surface area contributed by atoms with Gasteiger partial charge in [0.1, 0.15) is 0 Å². The van der Waals surface area contributed by atoms with Crippen LogP contribution >= 0.6 is 39.1 Å². The molecule has 5 heteroatoms. The van der Waals surface area contributed by atoms with Crippen LogP contribution in [0.2, 0.25) is 10.0 Å². The summed E-state index contributed by atoms with van der Waals surface area (Å²) in [5.41, 5.74) is 2.06. The van der Waals surface area contributed by atoms with Crippen LogP contribution in [-0.2, 0) is 0 Å². The maximum atomic E-state index is 8.77. The predicted molar refractivity (Wildman–Crippen MR) is 78.6 cm³/mol. The summed E-state index contributed by atoms with van der Waals surface area (Å²) in [6.07, 6.45) is 0. The number of hydrogen-bond donors (Lipinski definition) is 1. The lowest BCUT2D eigenvalue weighted by Gasteiger charge is -2.11. The minimum atomic E-state index is 0.487. The first-order valence-corrected chi connectivity index (χ1v) is 6.57. The summed E-state index contributed by atoms with van der Waals surface area (Å²) in [4.78, 5) is 0. The van der Waals surface area contributed by atoms with Crippen molar-refractivity contribution in [2.75, 3.05) is 5.32 Å². The van der Waals surface area contributed by atoms with Crippen molar-refractivity contribution >= 4 is 50.5 Å². The van der Waals surface area contributed by atoms with Gasteiger partial charge in [-0.2, -0.15) is 5.26 Å². The standard InChI is InChI=1S/C13H7BrCl2N2/c14-13-9(15)2-1-3-12(13)18-11-5-4-8(7-17)6-10(11)16/h1-6,18H. The van der Waals surface area contributed by atoms with Gasteiger partial charge in [0.25, 0.3) is 0 Å². The lowest BCUT2D eigenvalue weighted by atomic mass is 10.2. The molecule has 2 rings (SSSR count). The number of anilines is 2. The van der Waals surface area contributed by atoms with Gasteiger partial charge in [-0.15, -0.1) is 0 Å². The largest absolute Gasteiger partial charge is 0.353 e. The Kier molecular flexibility index (Phi) is 4.13. The van der Waals surface area contributed by atoms with Crippen molar-refractivity contribution in [3.05, 3.63) is 56.5 Å². The molecule has 0 aliphatic heterocycles. The Hall–Kier alpha value is -1.21. The normalized spacial score (nSPS) is 9.89. The minimum Gasteiger partial charge on any atom is -0.353 e. The molecule has 2 nitrogen and oxygen atoms in total. The SMILES string of the molecule is N#Cc1ccc(Nc2cccc(Cl)c2Br)c(Cl)c1. The van der Waals surface area contributed by atoms with E-state index in [1.807, 2.05) is 18.2 Å². The topological polar surface area (TPSA) is 35.8 Å². The molecule has 0 spiro atoms. The molecule has 0 radical (unpaired) electrons. The van der Waals surface area contributed by atoms with Crippen LogP contribution in [0.15, 0.2) is 40.9 Å². The van der Waals surface area contributed by atoms with Gasteiger partial charge in [-0.25, -0.2) is 0 Å². The zero-order chi connectivity index (χ0) is 13.1. The van der Waals surface area contributed by atoms with Crippen LogP contribution < -0.4 is 5.32 Å². The fourth-order valence-corrected chi connectivity index (χ4v) is 2.20. The van der Waals surface area contributed by atoms with Gasteiger partial charge in [0.15, 0.2) is 0 Å². The highest BCUT2D eigenvalue weighted by Crippen LogP contribution is 2.34. The van der Waals surface area contributed by atoms with Crippen LogP contribution in [0.1, 0.15) is 5.56 Å². The lowest BCUT2D eigenvalue weighted by molar-refractivity contribution is 1.47. The molecule has 0 saturated carbocycles. The molecule has 90 valence electrons. The lowest BCUT2D eigenvalue weighted by Crippen LogP contribution is -1.93. The summed E-state index contributed by atoms with van der Waals surface area (Å²) >= 11 is 15.5. The molecule has 0 aliphatic rings. The van der Waals surface area contributed by atoms with Crippen molar-refractivity contribution < 1.29 is 0 Å². The van der Waals surface area contributed by atoms with Crippen LogP contribution in [-0.4, -0.2) is 0 Å². The Morgan fingerprint density at radius 1 is 1.06 bits per heavy atom. The van der Waals surface area contributed by atoms with Gasteiger partial charge in [-0.3, -0.25) is 0 Å². The summed E-state index contributed by atoms with van der Waals surface area (Å²) in [6.45, 7) is 0. The molecule has 0 saturated heterocycles. The first-order valence-electron chi connectivity index (χ1n) is 5.02. The number of nitrogens with zero attached hydrogens (tertiary/aromatic N) is 1. The number of halogens is 3. The van der Waals surface area contributed by atoms with Gasteiger partial charge in [0, 0.05) is 0 Å². The molecule has 2 aromatic rings. The van der Waals surface area contributed by atoms with Crippen molar-refractivity contribution in [3.63, 3.8) is 0 Å². The summed E-state index contributed by atoms with van der Waals surface area (Å²) in [6, 6.07) is 12.6. The highest BCUT2D eigenvalue weighted by atomic mass is 79.9. The highest BCUT2D eigenvalue weighted by Gasteiger charge is 2.06. The van der Waals surface area contributed by atoms with E-state index in [9.17, 15) is 0 Å². The van der Waals surface area contributed by atoms with E-state index in [1.54, 1.807) is 24.3 Å².